The lowest BCUT2D eigenvalue weighted by atomic mass is 10.1. The monoisotopic (exact) mass is 1110 g/mol. The number of alkyl halides is 6. The standard InChI is InChI=1S/C20H17Cl4F3N2O4.C14H16Cl3NO4.C6H3ClF3NO/c1-11(14-8-13(31-4-3-17(23)24)9-15(21)18(14)30-2)29-33-6-5-32-19-16(22)7-12(10-28-19)20(25,26)27;1-9(18-22-6-4-19)11-7-10(21-5-3-13(16)17)8-12(15)14(11)20-2;7-4-1-3(6(8,9)10)2-11-5(4)12/h3,7-10H,4-6H2,1-2H3;3,7-8,19H,4-6H2,1-2H3;1-2H,(H,11,12)/b29-11+;18-9+;. The van der Waals surface area contributed by atoms with Gasteiger partial charge >= 0.3 is 12.4 Å². The molecule has 2 aromatic heterocycles. The highest BCUT2D eigenvalue weighted by Gasteiger charge is 2.32. The third-order valence-corrected chi connectivity index (χ3v) is 9.25. The van der Waals surface area contributed by atoms with Crippen molar-refractivity contribution in [1.29, 1.82) is 0 Å². The van der Waals surface area contributed by atoms with E-state index in [-0.39, 0.29) is 64.5 Å². The number of nitrogens with one attached hydrogen (secondary N) is 1. The van der Waals surface area contributed by atoms with Gasteiger partial charge in [0.15, 0.2) is 6.61 Å². The maximum absolute atomic E-state index is 12.7. The summed E-state index contributed by atoms with van der Waals surface area (Å²) in [6, 6.07) is 7.84. The number of rotatable bonds is 18. The molecule has 4 rings (SSSR count). The van der Waals surface area contributed by atoms with Crippen LogP contribution >= 0.6 is 92.8 Å². The van der Waals surface area contributed by atoms with E-state index in [1.807, 2.05) is 4.98 Å². The molecule has 0 spiro atoms. The Labute approximate surface area is 418 Å². The van der Waals surface area contributed by atoms with Gasteiger partial charge in [0.1, 0.15) is 68.5 Å². The minimum Gasteiger partial charge on any atom is -0.494 e. The summed E-state index contributed by atoms with van der Waals surface area (Å²) in [7, 11) is 2.95. The fourth-order valence-corrected chi connectivity index (χ4v) is 5.78. The zero-order valence-electron chi connectivity index (χ0n) is 34.9. The van der Waals surface area contributed by atoms with Crippen LogP contribution in [-0.4, -0.2) is 80.4 Å². The quantitative estimate of drug-likeness (QED) is 0.0426. The number of aromatic amines is 1. The van der Waals surface area contributed by atoms with E-state index in [2.05, 4.69) is 15.3 Å². The second-order valence-electron chi connectivity index (χ2n) is 12.2. The molecule has 2 heterocycles. The third kappa shape index (κ3) is 20.9. The molecule has 0 radical (unpaired) electrons. The van der Waals surface area contributed by atoms with E-state index in [0.29, 0.717) is 69.0 Å². The van der Waals surface area contributed by atoms with E-state index >= 15 is 0 Å². The number of halogens is 14. The van der Waals surface area contributed by atoms with Gasteiger partial charge in [-0.15, -0.1) is 0 Å². The first-order valence-electron chi connectivity index (χ1n) is 18.2. The van der Waals surface area contributed by atoms with E-state index in [9.17, 15) is 31.1 Å². The molecule has 0 aliphatic rings. The van der Waals surface area contributed by atoms with Gasteiger partial charge in [0.05, 0.1) is 53.4 Å². The molecule has 0 saturated carbocycles. The summed E-state index contributed by atoms with van der Waals surface area (Å²) in [6.45, 7) is 3.57. The fraction of sp³-hybridized carbons (Fsp3) is 0.300. The number of hydrogen-bond donors (Lipinski definition) is 2. The molecule has 13 nitrogen and oxygen atoms in total. The van der Waals surface area contributed by atoms with Crippen LogP contribution in [0.5, 0.6) is 28.9 Å². The van der Waals surface area contributed by atoms with Gasteiger partial charge in [-0.3, -0.25) is 4.79 Å². The van der Waals surface area contributed by atoms with Crippen LogP contribution in [0.3, 0.4) is 0 Å². The first kappa shape index (κ1) is 58.9. The number of pyridine rings is 2. The van der Waals surface area contributed by atoms with Gasteiger partial charge in [-0.25, -0.2) is 4.98 Å². The lowest BCUT2D eigenvalue weighted by Gasteiger charge is -2.13. The summed E-state index contributed by atoms with van der Waals surface area (Å²) >= 11 is 45.5. The van der Waals surface area contributed by atoms with Crippen LogP contribution in [0.1, 0.15) is 36.1 Å². The maximum Gasteiger partial charge on any atom is 0.417 e. The number of methoxy groups -OCH3 is 2. The fourth-order valence-electron chi connectivity index (χ4n) is 4.56. The van der Waals surface area contributed by atoms with Crippen molar-refractivity contribution in [3.8, 4) is 28.9 Å². The first-order chi connectivity index (χ1) is 31.4. The number of ether oxygens (including phenoxy) is 5. The molecule has 2 aromatic carbocycles. The van der Waals surface area contributed by atoms with Crippen LogP contribution < -0.4 is 29.2 Å². The number of H-pyrrole nitrogens is 1. The molecule has 368 valence electrons. The molecule has 0 amide bonds. The summed E-state index contributed by atoms with van der Waals surface area (Å²) in [4.78, 5) is 26.1. The normalized spacial score (nSPS) is 11.5. The molecule has 2 N–H and O–H groups in total. The molecule has 0 fully saturated rings. The zero-order valence-corrected chi connectivity index (χ0v) is 40.9. The summed E-state index contributed by atoms with van der Waals surface area (Å²) in [5.41, 5.74) is -0.605. The number of benzene rings is 2. The molecule has 0 atom stereocenters. The Kier molecular flexibility index (Phi) is 25.5. The second-order valence-corrected chi connectivity index (χ2v) is 15.9. The molecule has 0 aliphatic heterocycles. The van der Waals surface area contributed by atoms with Crippen molar-refractivity contribution in [2.45, 2.75) is 26.2 Å². The zero-order chi connectivity index (χ0) is 50.5. The third-order valence-electron chi connectivity index (χ3n) is 7.52. The average Bonchev–Trinajstić information content (AvgIpc) is 3.24. The highest BCUT2D eigenvalue weighted by molar-refractivity contribution is 6.56. The van der Waals surface area contributed by atoms with Crippen molar-refractivity contribution < 1.29 is 64.8 Å². The minimum atomic E-state index is -4.55. The van der Waals surface area contributed by atoms with Crippen molar-refractivity contribution in [3.63, 3.8) is 0 Å². The van der Waals surface area contributed by atoms with E-state index in [1.165, 1.54) is 26.4 Å². The predicted octanol–water partition coefficient (Wildman–Crippen LogP) is 12.8. The van der Waals surface area contributed by atoms with Crippen molar-refractivity contribution in [1.82, 2.24) is 9.97 Å². The number of aliphatic hydroxyl groups excluding tert-OH is 1. The summed E-state index contributed by atoms with van der Waals surface area (Å²) in [5.74, 6) is 1.58. The van der Waals surface area contributed by atoms with Crippen LogP contribution in [0.2, 0.25) is 20.1 Å². The van der Waals surface area contributed by atoms with Gasteiger partial charge in [-0.1, -0.05) is 103 Å². The minimum absolute atomic E-state index is 0.0401. The molecule has 67 heavy (non-hydrogen) atoms. The van der Waals surface area contributed by atoms with E-state index in [1.54, 1.807) is 38.1 Å². The molecular formula is C40H36Cl8F6N4O9. The van der Waals surface area contributed by atoms with Gasteiger partial charge in [0.25, 0.3) is 5.56 Å². The summed E-state index contributed by atoms with van der Waals surface area (Å²) in [5, 5.41) is 16.5. The largest absolute Gasteiger partial charge is 0.494 e. The number of aromatic nitrogens is 2. The van der Waals surface area contributed by atoms with E-state index < -0.39 is 34.1 Å². The number of oxime groups is 2. The highest BCUT2D eigenvalue weighted by Crippen LogP contribution is 2.36. The summed E-state index contributed by atoms with van der Waals surface area (Å²) in [6.07, 6.45) is -4.85. The highest BCUT2D eigenvalue weighted by atomic mass is 35.5. The smallest absolute Gasteiger partial charge is 0.417 e. The molecule has 27 heteroatoms. The summed E-state index contributed by atoms with van der Waals surface area (Å²) < 4.78 is 101. The lowest BCUT2D eigenvalue weighted by Crippen LogP contribution is -2.12. The molecule has 0 aliphatic carbocycles. The van der Waals surface area contributed by atoms with Crippen molar-refractivity contribution in [2.75, 3.05) is 53.9 Å². The van der Waals surface area contributed by atoms with Gasteiger partial charge in [0.2, 0.25) is 5.88 Å². The van der Waals surface area contributed by atoms with Crippen LogP contribution in [0, 0.1) is 0 Å². The van der Waals surface area contributed by atoms with E-state index in [4.69, 9.17) is 131 Å². The molecule has 0 unspecified atom stereocenters. The Hall–Kier alpha value is -4.18. The van der Waals surface area contributed by atoms with Crippen molar-refractivity contribution in [2.24, 2.45) is 10.3 Å². The molecule has 0 saturated heterocycles. The van der Waals surface area contributed by atoms with Crippen LogP contribution in [0.15, 0.2) is 85.0 Å². The van der Waals surface area contributed by atoms with Gasteiger partial charge in [0, 0.05) is 35.7 Å². The SMILES string of the molecule is COc1c(Cl)cc(OCC=C(Cl)Cl)cc1/C(C)=N/OCCO.COc1c(Cl)cc(OCC=C(Cl)Cl)cc1/C(C)=N/OCCOc1ncc(C(F)(F)F)cc1Cl.O=c1[nH]cc(C(F)(F)F)cc1Cl. The Balaban J connectivity index is 0.000000387. The predicted molar refractivity (Wildman–Crippen MR) is 247 cm³/mol. The van der Waals surface area contributed by atoms with Gasteiger partial charge < -0.3 is 43.4 Å². The Morgan fingerprint density at radius 1 is 0.672 bits per heavy atom. The van der Waals surface area contributed by atoms with Gasteiger partial charge in [-0.05, 0) is 50.3 Å². The average molecular weight is 1110 g/mol. The Morgan fingerprint density at radius 2 is 1.13 bits per heavy atom. The first-order valence-corrected chi connectivity index (χ1v) is 21.2. The van der Waals surface area contributed by atoms with Crippen molar-refractivity contribution in [3.05, 3.63) is 123 Å². The topological polar surface area (TPSA) is 155 Å². The molecular weight excluding hydrogens is 1080 g/mol. The maximum atomic E-state index is 12.7. The lowest BCUT2D eigenvalue weighted by molar-refractivity contribution is -0.138. The van der Waals surface area contributed by atoms with Crippen LogP contribution in [0.25, 0.3) is 0 Å². The molecule has 4 aromatic rings. The number of hydrogen-bond acceptors (Lipinski definition) is 12. The van der Waals surface area contributed by atoms with Crippen molar-refractivity contribution >= 4 is 104 Å². The second kappa shape index (κ2) is 29.0. The van der Waals surface area contributed by atoms with Crippen LogP contribution in [0.4, 0.5) is 26.3 Å². The molecule has 0 bridgehead atoms. The Bertz CT molecular complexity index is 2430. The van der Waals surface area contributed by atoms with E-state index in [0.717, 1.165) is 6.07 Å². The van der Waals surface area contributed by atoms with Gasteiger partial charge in [-0.2, -0.15) is 26.3 Å². The number of aliphatic hydroxyl groups is 1. The van der Waals surface area contributed by atoms with Crippen LogP contribution in [-0.2, 0) is 22.0 Å². The number of nitrogens with zero attached hydrogens (tertiary/aromatic N) is 3. The Morgan fingerprint density at radius 3 is 1.54 bits per heavy atom.